The summed E-state index contributed by atoms with van der Waals surface area (Å²) >= 11 is 11.2. The molecular weight excluding hydrogens is 1140 g/mol. The molecule has 6 aliphatic heterocycles. The number of methoxy groups -OCH3 is 1. The largest absolute Gasteiger partial charge is 2.00 e. The zero-order valence-corrected chi connectivity index (χ0v) is 44.2. The van der Waals surface area contributed by atoms with Gasteiger partial charge in [-0.25, -0.2) is 17.6 Å². The van der Waals surface area contributed by atoms with Gasteiger partial charge in [0.2, 0.25) is 10.9 Å². The molecular formula is C47H42Br2Cl2F4MgN6O10. The molecule has 4 amide bonds. The van der Waals surface area contributed by atoms with E-state index in [2.05, 4.69) is 10.6 Å². The molecule has 2 aromatic heterocycles. The van der Waals surface area contributed by atoms with Crippen molar-refractivity contribution in [1.29, 1.82) is 0 Å². The molecule has 0 saturated carbocycles. The molecule has 3 N–H and O–H groups in total. The Balaban J connectivity index is 0.000000226. The van der Waals surface area contributed by atoms with E-state index in [0.29, 0.717) is 58.6 Å². The zero-order valence-electron chi connectivity index (χ0n) is 38.1. The molecule has 0 aliphatic carbocycles. The maximum Gasteiger partial charge on any atom is 2.00 e. The predicted molar refractivity (Wildman–Crippen MR) is 244 cm³/mol. The van der Waals surface area contributed by atoms with Crippen molar-refractivity contribution in [3.05, 3.63) is 148 Å². The van der Waals surface area contributed by atoms with E-state index in [1.54, 1.807) is 14.4 Å². The van der Waals surface area contributed by atoms with Crippen molar-refractivity contribution >= 4 is 69.9 Å². The number of pyridine rings is 2. The SMILES string of the molecule is COc1c2n(cc(C(=O)NCc3ccc(F)c(Cl)c3F)c1=O)[C@H]1CCOC[C@]13CC=CCN3C2=O.O=C(NCc1ccc(F)c(Cl)c1F)c1cn2c(c(O)c1=O)C(=O)N1CC=CC[C@]13COCC[C@H]23.[Br-].[Br-].[Mg+2]. The van der Waals surface area contributed by atoms with E-state index in [1.165, 1.54) is 24.1 Å². The Morgan fingerprint density at radius 2 is 1.14 bits per heavy atom. The van der Waals surface area contributed by atoms with Crippen molar-refractivity contribution in [3.63, 3.8) is 0 Å². The molecule has 2 saturated heterocycles. The minimum Gasteiger partial charge on any atom is -1.00 e. The number of aromatic nitrogens is 2. The third-order valence-corrected chi connectivity index (χ3v) is 14.4. The van der Waals surface area contributed by atoms with E-state index in [1.807, 2.05) is 24.3 Å². The van der Waals surface area contributed by atoms with Gasteiger partial charge in [0, 0.05) is 62.9 Å². The summed E-state index contributed by atoms with van der Waals surface area (Å²) < 4.78 is 75.2. The second-order valence-corrected chi connectivity index (χ2v) is 18.0. The van der Waals surface area contributed by atoms with E-state index in [-0.39, 0.29) is 129 Å². The van der Waals surface area contributed by atoms with Crippen LogP contribution >= 0.6 is 23.2 Å². The third kappa shape index (κ3) is 9.40. The number of hydrogen-bond donors (Lipinski definition) is 3. The van der Waals surface area contributed by atoms with Gasteiger partial charge in [-0.05, 0) is 37.8 Å². The quantitative estimate of drug-likeness (QED) is 0.0896. The average Bonchev–Trinajstić information content (AvgIpc) is 3.35. The summed E-state index contributed by atoms with van der Waals surface area (Å²) in [6, 6.07) is 3.67. The van der Waals surface area contributed by atoms with Gasteiger partial charge in [0.15, 0.2) is 22.9 Å². The number of fused-ring (bicyclic) bond motifs is 4. The van der Waals surface area contributed by atoms with E-state index in [9.17, 15) is 51.4 Å². The van der Waals surface area contributed by atoms with Crippen LogP contribution in [-0.2, 0) is 22.6 Å². The minimum absolute atomic E-state index is 0. The van der Waals surface area contributed by atoms with Crippen molar-refractivity contribution in [2.24, 2.45) is 0 Å². The average molecular weight is 1180 g/mol. The molecule has 378 valence electrons. The van der Waals surface area contributed by atoms with Gasteiger partial charge in [0.25, 0.3) is 23.6 Å². The van der Waals surface area contributed by atoms with Crippen LogP contribution in [0.2, 0.25) is 10.0 Å². The van der Waals surface area contributed by atoms with E-state index < -0.39 is 84.3 Å². The summed E-state index contributed by atoms with van der Waals surface area (Å²) in [4.78, 5) is 82.1. The monoisotopic (exact) mass is 1180 g/mol. The Hall–Kier alpha value is -4.75. The van der Waals surface area contributed by atoms with Gasteiger partial charge in [-0.2, -0.15) is 0 Å². The molecule has 16 nitrogen and oxygen atoms in total. The molecule has 4 aromatic rings. The van der Waals surface area contributed by atoms with Gasteiger partial charge in [0.05, 0.1) is 43.5 Å². The molecule has 0 unspecified atom stereocenters. The standard InChI is InChI=1S/C24H22ClF2N3O5.C23H20ClF2N3O5.2BrH.Mg/c1-34-21-19-23(33)30-8-3-2-7-24(30)12-35-9-6-16(24)29(19)11-14(20(21)31)22(32)28-10-13-4-5-15(26)17(25)18(13)27;24-16-14(25)4-3-12(17(16)26)9-27-21(32)13-10-28-15-5-8-34-11-23(15)6-1-2-7-29(23)22(33)18(28)20(31)19(13)30;;;/h2-5,11,16H,6-10,12H2,1H3,(H,28,32);1-4,10,15,31H,5-9,11H2,(H,27,32);2*1H;/q;;;;+2/p-2/t16-,24+;15-,23+;;;/m00.../s1. The van der Waals surface area contributed by atoms with Crippen molar-refractivity contribution in [2.45, 2.75) is 61.9 Å². The number of benzene rings is 2. The summed E-state index contributed by atoms with van der Waals surface area (Å²) in [5.74, 6) is -7.48. The Morgan fingerprint density at radius 3 is 1.60 bits per heavy atom. The first-order chi connectivity index (χ1) is 33.1. The minimum atomic E-state index is -1.02. The first-order valence-electron chi connectivity index (χ1n) is 21.8. The normalized spacial score (nSPS) is 22.0. The van der Waals surface area contributed by atoms with Gasteiger partial charge in [-0.1, -0.05) is 59.6 Å². The zero-order chi connectivity index (χ0) is 49.1. The molecule has 8 heterocycles. The summed E-state index contributed by atoms with van der Waals surface area (Å²) in [5.41, 5.74) is -3.96. The summed E-state index contributed by atoms with van der Waals surface area (Å²) in [6.07, 6.45) is 12.5. The fourth-order valence-corrected chi connectivity index (χ4v) is 10.6. The van der Waals surface area contributed by atoms with Crippen LogP contribution in [0.25, 0.3) is 0 Å². The number of hydrogen-bond acceptors (Lipinski definition) is 10. The number of nitrogens with zero attached hydrogens (tertiary/aromatic N) is 4. The molecule has 0 radical (unpaired) electrons. The summed E-state index contributed by atoms with van der Waals surface area (Å²) in [7, 11) is 1.27. The van der Waals surface area contributed by atoms with E-state index in [4.69, 9.17) is 37.4 Å². The smallest absolute Gasteiger partial charge is 1.00 e. The van der Waals surface area contributed by atoms with Gasteiger partial charge >= 0.3 is 23.1 Å². The molecule has 10 rings (SSSR count). The van der Waals surface area contributed by atoms with Crippen LogP contribution in [-0.4, -0.2) is 128 Å². The molecule has 2 spiro atoms. The number of aromatic hydroxyl groups is 1. The topological polar surface area (TPSA) is 191 Å². The Morgan fingerprint density at radius 1 is 0.708 bits per heavy atom. The van der Waals surface area contributed by atoms with Crippen LogP contribution in [0.15, 0.2) is 70.6 Å². The summed E-state index contributed by atoms with van der Waals surface area (Å²) in [5, 5.41) is 14.2. The molecule has 0 bridgehead atoms. The Bertz CT molecular complexity index is 3060. The number of carbonyl (C=O) groups is 4. The van der Waals surface area contributed by atoms with Crippen molar-refractivity contribution in [3.8, 4) is 11.5 Å². The molecule has 25 heteroatoms. The van der Waals surface area contributed by atoms with Gasteiger partial charge in [0.1, 0.15) is 44.4 Å². The van der Waals surface area contributed by atoms with Crippen molar-refractivity contribution in [1.82, 2.24) is 29.6 Å². The van der Waals surface area contributed by atoms with Crippen LogP contribution in [0.5, 0.6) is 11.5 Å². The Kier molecular flexibility index (Phi) is 17.6. The Labute approximate surface area is 454 Å². The third-order valence-electron chi connectivity index (χ3n) is 13.7. The molecule has 4 atom stereocenters. The number of carbonyl (C=O) groups excluding carboxylic acids is 4. The number of nitrogens with one attached hydrogen (secondary N) is 2. The van der Waals surface area contributed by atoms with Crippen LogP contribution in [0.4, 0.5) is 17.6 Å². The second kappa shape index (κ2) is 22.4. The summed E-state index contributed by atoms with van der Waals surface area (Å²) in [6.45, 7) is 1.48. The van der Waals surface area contributed by atoms with Gasteiger partial charge < -0.3 is 82.8 Å². The molecule has 72 heavy (non-hydrogen) atoms. The van der Waals surface area contributed by atoms with E-state index in [0.717, 1.165) is 24.3 Å². The van der Waals surface area contributed by atoms with Crippen LogP contribution in [0, 0.1) is 23.3 Å². The van der Waals surface area contributed by atoms with Crippen molar-refractivity contribution < 1.29 is 90.0 Å². The number of ether oxygens (including phenoxy) is 3. The molecule has 6 aliphatic rings. The first kappa shape index (κ1) is 56.5. The maximum absolute atomic E-state index is 14.3. The molecule has 2 aromatic carbocycles. The van der Waals surface area contributed by atoms with Crippen LogP contribution in [0.3, 0.4) is 0 Å². The van der Waals surface area contributed by atoms with E-state index >= 15 is 0 Å². The van der Waals surface area contributed by atoms with Crippen LogP contribution in [0.1, 0.15) is 90.6 Å². The van der Waals surface area contributed by atoms with Gasteiger partial charge in [-0.3, -0.25) is 28.8 Å². The molecule has 2 fully saturated rings. The fourth-order valence-electron chi connectivity index (χ4n) is 10.3. The number of rotatable bonds is 7. The number of amides is 4. The number of halogens is 8. The van der Waals surface area contributed by atoms with Gasteiger partial charge in [-0.15, -0.1) is 0 Å². The predicted octanol–water partition coefficient (Wildman–Crippen LogP) is -1.01. The maximum atomic E-state index is 14.3. The second-order valence-electron chi connectivity index (χ2n) is 17.3. The first-order valence-corrected chi connectivity index (χ1v) is 22.5. The van der Waals surface area contributed by atoms with Crippen LogP contribution < -0.4 is 60.2 Å². The fraction of sp³-hybridized carbons (Fsp3) is 0.362. The van der Waals surface area contributed by atoms with Crippen molar-refractivity contribution in [2.75, 3.05) is 46.6 Å².